The fourth-order valence-corrected chi connectivity index (χ4v) is 2.57. The molecule has 0 radical (unpaired) electrons. The molecular weight excluding hydrogens is 286 g/mol. The van der Waals surface area contributed by atoms with E-state index in [0.29, 0.717) is 0 Å². The van der Waals surface area contributed by atoms with Crippen molar-refractivity contribution in [3.8, 4) is 11.1 Å². The Morgan fingerprint density at radius 3 is 2.43 bits per heavy atom. The zero-order valence-electron chi connectivity index (χ0n) is 13.5. The molecule has 2 aromatic heterocycles. The van der Waals surface area contributed by atoms with Crippen LogP contribution in [0.2, 0.25) is 0 Å². The number of nitrogens with one attached hydrogen (secondary N) is 1. The summed E-state index contributed by atoms with van der Waals surface area (Å²) in [5, 5.41) is 11.5. The Bertz CT molecular complexity index is 734. The lowest BCUT2D eigenvalue weighted by Gasteiger charge is -2.15. The number of rotatable bonds is 6. The van der Waals surface area contributed by atoms with Crippen LogP contribution in [0.4, 0.5) is 0 Å². The molecule has 1 aromatic carbocycles. The van der Waals surface area contributed by atoms with Crippen molar-refractivity contribution >= 4 is 0 Å². The van der Waals surface area contributed by atoms with E-state index in [1.54, 1.807) is 0 Å². The minimum absolute atomic E-state index is 0.265. The predicted molar refractivity (Wildman–Crippen MR) is 90.6 cm³/mol. The van der Waals surface area contributed by atoms with Crippen LogP contribution in [-0.2, 0) is 13.1 Å². The summed E-state index contributed by atoms with van der Waals surface area (Å²) in [7, 11) is 0. The fourth-order valence-electron chi connectivity index (χ4n) is 2.57. The van der Waals surface area contributed by atoms with Gasteiger partial charge in [-0.2, -0.15) is 0 Å². The van der Waals surface area contributed by atoms with Crippen LogP contribution < -0.4 is 5.32 Å². The maximum Gasteiger partial charge on any atom is 0.0738 e. The standard InChI is InChI=1S/C18H21N5/c1-3-23-18(13-21-22-23)12-20-14(2)15-4-6-16(7-5-15)17-8-10-19-11-9-17/h4-11,13-14,20H,3,12H2,1-2H3. The van der Waals surface area contributed by atoms with Gasteiger partial charge in [0, 0.05) is 31.5 Å². The summed E-state index contributed by atoms with van der Waals surface area (Å²) in [5.74, 6) is 0. The third-order valence-corrected chi connectivity index (χ3v) is 4.01. The van der Waals surface area contributed by atoms with Crippen LogP contribution in [0.25, 0.3) is 11.1 Å². The molecule has 1 atom stereocenters. The van der Waals surface area contributed by atoms with Gasteiger partial charge < -0.3 is 5.32 Å². The molecule has 23 heavy (non-hydrogen) atoms. The monoisotopic (exact) mass is 307 g/mol. The van der Waals surface area contributed by atoms with Gasteiger partial charge in [0.05, 0.1) is 11.9 Å². The average Bonchev–Trinajstić information content (AvgIpc) is 3.08. The Hall–Kier alpha value is -2.53. The van der Waals surface area contributed by atoms with Crippen molar-refractivity contribution in [2.24, 2.45) is 0 Å². The van der Waals surface area contributed by atoms with E-state index >= 15 is 0 Å². The molecule has 1 N–H and O–H groups in total. The van der Waals surface area contributed by atoms with Gasteiger partial charge in [0.15, 0.2) is 0 Å². The third kappa shape index (κ3) is 3.63. The number of nitrogens with zero attached hydrogens (tertiary/aromatic N) is 4. The number of aromatic nitrogens is 4. The molecule has 0 aliphatic heterocycles. The molecule has 0 saturated heterocycles. The van der Waals surface area contributed by atoms with Crippen LogP contribution in [0.3, 0.4) is 0 Å². The molecule has 5 heteroatoms. The van der Waals surface area contributed by atoms with E-state index in [2.05, 4.69) is 58.7 Å². The van der Waals surface area contributed by atoms with Gasteiger partial charge in [0.25, 0.3) is 0 Å². The summed E-state index contributed by atoms with van der Waals surface area (Å²) >= 11 is 0. The van der Waals surface area contributed by atoms with Crippen molar-refractivity contribution < 1.29 is 0 Å². The van der Waals surface area contributed by atoms with Crippen LogP contribution >= 0.6 is 0 Å². The lowest BCUT2D eigenvalue weighted by atomic mass is 10.0. The molecule has 0 aliphatic carbocycles. The van der Waals surface area contributed by atoms with E-state index in [9.17, 15) is 0 Å². The first kappa shape index (κ1) is 15.4. The highest BCUT2D eigenvalue weighted by Crippen LogP contribution is 2.21. The van der Waals surface area contributed by atoms with Crippen molar-refractivity contribution in [1.82, 2.24) is 25.3 Å². The van der Waals surface area contributed by atoms with Gasteiger partial charge in [-0.3, -0.25) is 4.98 Å². The summed E-state index contributed by atoms with van der Waals surface area (Å²) in [6.45, 7) is 5.83. The summed E-state index contributed by atoms with van der Waals surface area (Å²) in [6, 6.07) is 13.0. The summed E-state index contributed by atoms with van der Waals surface area (Å²) in [4.78, 5) is 4.06. The molecule has 3 aromatic rings. The Labute approximate surface area is 136 Å². The molecule has 5 nitrogen and oxygen atoms in total. The van der Waals surface area contributed by atoms with Gasteiger partial charge >= 0.3 is 0 Å². The lowest BCUT2D eigenvalue weighted by Crippen LogP contribution is -2.20. The Morgan fingerprint density at radius 2 is 1.74 bits per heavy atom. The lowest BCUT2D eigenvalue weighted by molar-refractivity contribution is 0.527. The smallest absolute Gasteiger partial charge is 0.0738 e. The SMILES string of the molecule is CCn1nncc1CNC(C)c1ccc(-c2ccncc2)cc1. The maximum absolute atomic E-state index is 4.06. The zero-order valence-corrected chi connectivity index (χ0v) is 13.5. The molecule has 118 valence electrons. The van der Waals surface area contributed by atoms with E-state index < -0.39 is 0 Å². The van der Waals surface area contributed by atoms with E-state index in [-0.39, 0.29) is 6.04 Å². The molecule has 0 amide bonds. The third-order valence-electron chi connectivity index (χ3n) is 4.01. The number of hydrogen-bond donors (Lipinski definition) is 1. The van der Waals surface area contributed by atoms with E-state index in [4.69, 9.17) is 0 Å². The second-order valence-electron chi connectivity index (χ2n) is 5.50. The minimum atomic E-state index is 0.265. The first-order chi connectivity index (χ1) is 11.3. The maximum atomic E-state index is 4.06. The topological polar surface area (TPSA) is 55.6 Å². The molecule has 0 bridgehead atoms. The summed E-state index contributed by atoms with van der Waals surface area (Å²) in [5.41, 5.74) is 4.76. The summed E-state index contributed by atoms with van der Waals surface area (Å²) in [6.07, 6.45) is 5.45. The number of pyridine rings is 1. The number of aryl methyl sites for hydroxylation is 1. The molecule has 3 rings (SSSR count). The fraction of sp³-hybridized carbons (Fsp3) is 0.278. The van der Waals surface area contributed by atoms with E-state index in [1.165, 1.54) is 16.7 Å². The Morgan fingerprint density at radius 1 is 1.04 bits per heavy atom. The number of benzene rings is 1. The van der Waals surface area contributed by atoms with Gasteiger partial charge in [-0.15, -0.1) is 5.10 Å². The van der Waals surface area contributed by atoms with Crippen LogP contribution in [0.15, 0.2) is 55.0 Å². The first-order valence-corrected chi connectivity index (χ1v) is 7.89. The van der Waals surface area contributed by atoms with Crippen LogP contribution in [0, 0.1) is 0 Å². The number of hydrogen-bond acceptors (Lipinski definition) is 4. The second kappa shape index (κ2) is 7.15. The molecule has 0 spiro atoms. The normalized spacial score (nSPS) is 12.3. The van der Waals surface area contributed by atoms with Gasteiger partial charge in [-0.1, -0.05) is 29.5 Å². The quantitative estimate of drug-likeness (QED) is 0.760. The first-order valence-electron chi connectivity index (χ1n) is 7.89. The minimum Gasteiger partial charge on any atom is -0.305 e. The average molecular weight is 307 g/mol. The van der Waals surface area contributed by atoms with E-state index in [1.807, 2.05) is 35.4 Å². The van der Waals surface area contributed by atoms with Crippen LogP contribution in [0.5, 0.6) is 0 Å². The zero-order chi connectivity index (χ0) is 16.1. The second-order valence-corrected chi connectivity index (χ2v) is 5.50. The van der Waals surface area contributed by atoms with E-state index in [0.717, 1.165) is 18.8 Å². The molecule has 0 saturated carbocycles. The predicted octanol–water partition coefficient (Wildman–Crippen LogP) is 3.21. The summed E-state index contributed by atoms with van der Waals surface area (Å²) < 4.78 is 1.91. The molecule has 1 unspecified atom stereocenters. The van der Waals surface area contributed by atoms with Gasteiger partial charge in [-0.05, 0) is 42.7 Å². The van der Waals surface area contributed by atoms with Crippen LogP contribution in [-0.4, -0.2) is 20.0 Å². The highest BCUT2D eigenvalue weighted by atomic mass is 15.4. The van der Waals surface area contributed by atoms with Gasteiger partial charge in [-0.25, -0.2) is 4.68 Å². The molecular formula is C18H21N5. The highest BCUT2D eigenvalue weighted by molar-refractivity contribution is 5.62. The van der Waals surface area contributed by atoms with Crippen molar-refractivity contribution in [2.75, 3.05) is 0 Å². The van der Waals surface area contributed by atoms with Crippen molar-refractivity contribution in [2.45, 2.75) is 33.0 Å². The highest BCUT2D eigenvalue weighted by Gasteiger charge is 2.08. The van der Waals surface area contributed by atoms with Crippen LogP contribution in [0.1, 0.15) is 31.1 Å². The van der Waals surface area contributed by atoms with Crippen molar-refractivity contribution in [3.63, 3.8) is 0 Å². The Kier molecular flexibility index (Phi) is 4.78. The van der Waals surface area contributed by atoms with Gasteiger partial charge in [0.1, 0.15) is 0 Å². The molecule has 2 heterocycles. The largest absolute Gasteiger partial charge is 0.305 e. The Balaban J connectivity index is 1.65. The molecule has 0 aliphatic rings. The molecule has 0 fully saturated rings. The van der Waals surface area contributed by atoms with Crippen molar-refractivity contribution in [1.29, 1.82) is 0 Å². The van der Waals surface area contributed by atoms with Gasteiger partial charge in [0.2, 0.25) is 0 Å². The van der Waals surface area contributed by atoms with Crippen molar-refractivity contribution in [3.05, 3.63) is 66.2 Å².